The summed E-state index contributed by atoms with van der Waals surface area (Å²) in [6, 6.07) is 2.20. The van der Waals surface area contributed by atoms with Crippen molar-refractivity contribution in [1.29, 1.82) is 0 Å². The number of rotatable bonds is 3. The molecule has 0 aliphatic rings. The van der Waals surface area contributed by atoms with Crippen molar-refractivity contribution in [3.05, 3.63) is 28.3 Å². The molecule has 0 heterocycles. The van der Waals surface area contributed by atoms with Crippen molar-refractivity contribution in [3.8, 4) is 5.75 Å². The summed E-state index contributed by atoms with van der Waals surface area (Å²) in [5.41, 5.74) is -1.40. The van der Waals surface area contributed by atoms with Gasteiger partial charge in [0.05, 0.1) is 23.8 Å². The van der Waals surface area contributed by atoms with Crippen molar-refractivity contribution in [2.45, 2.75) is 0 Å². The van der Waals surface area contributed by atoms with E-state index in [1.54, 1.807) is 0 Å². The van der Waals surface area contributed by atoms with E-state index in [4.69, 9.17) is 0 Å². The van der Waals surface area contributed by atoms with Crippen LogP contribution in [0.2, 0.25) is 0 Å². The Bertz CT molecular complexity index is 399. The van der Waals surface area contributed by atoms with Gasteiger partial charge in [-0.3, -0.25) is 10.1 Å². The molecule has 16 heavy (non-hydrogen) atoms. The topological polar surface area (TPSA) is 52.4 Å². The number of ether oxygens (including phenoxy) is 1. The van der Waals surface area contributed by atoms with Gasteiger partial charge in [0.2, 0.25) is 0 Å². The monoisotopic (exact) mass is 259 g/mol. The van der Waals surface area contributed by atoms with E-state index >= 15 is 0 Å². The molecule has 4 nitrogen and oxygen atoms in total. The van der Waals surface area contributed by atoms with Crippen LogP contribution in [0.25, 0.3) is 0 Å². The summed E-state index contributed by atoms with van der Waals surface area (Å²) < 4.78 is 41.6. The number of hydrogen-bond acceptors (Lipinski definition) is 3. The number of nitro groups is 1. The third kappa shape index (κ3) is 3.74. The minimum absolute atomic E-state index is 0. The summed E-state index contributed by atoms with van der Waals surface area (Å²) in [6.45, 7) is -5.22. The van der Waals surface area contributed by atoms with E-state index < -0.39 is 28.8 Å². The van der Waals surface area contributed by atoms with Crippen LogP contribution < -0.4 is 61.6 Å². The molecule has 0 saturated heterocycles. The Hall–Kier alpha value is -0.0887. The van der Waals surface area contributed by atoms with Crippen molar-refractivity contribution >= 4 is 18.1 Å². The molecular weight excluding hydrogens is 253 g/mol. The van der Waals surface area contributed by atoms with Crippen LogP contribution in [-0.2, 0) is 0 Å². The van der Waals surface area contributed by atoms with Gasteiger partial charge in [-0.05, 0) is 0 Å². The third-order valence-corrected chi connectivity index (χ3v) is 1.78. The number of hydrogen-bond donors (Lipinski definition) is 0. The fourth-order valence-corrected chi connectivity index (χ4v) is 1.08. The van der Waals surface area contributed by atoms with E-state index in [1.807, 2.05) is 0 Å². The minimum Gasteiger partial charge on any atom is -0.499 e. The van der Waals surface area contributed by atoms with Crippen LogP contribution in [0, 0.1) is 10.1 Å². The van der Waals surface area contributed by atoms with Gasteiger partial charge in [-0.2, -0.15) is 0 Å². The van der Waals surface area contributed by atoms with Gasteiger partial charge in [0.15, 0.2) is 0 Å². The van der Waals surface area contributed by atoms with Gasteiger partial charge in [0.25, 0.3) is 5.69 Å². The summed E-state index contributed by atoms with van der Waals surface area (Å²) in [4.78, 5) is 9.52. The van der Waals surface area contributed by atoms with Crippen molar-refractivity contribution in [3.63, 3.8) is 0 Å². The zero-order valence-corrected chi connectivity index (χ0v) is 11.7. The summed E-state index contributed by atoms with van der Waals surface area (Å²) in [7, 11) is 1.03. The molecule has 9 heteroatoms. The van der Waals surface area contributed by atoms with Crippen LogP contribution in [0.1, 0.15) is 0 Å². The fourth-order valence-electron chi connectivity index (χ4n) is 1.08. The average molecular weight is 259 g/mol. The van der Waals surface area contributed by atoms with Crippen molar-refractivity contribution < 1.29 is 74.0 Å². The van der Waals surface area contributed by atoms with E-state index in [0.717, 1.165) is 19.2 Å². The molecule has 1 aromatic rings. The number of methoxy groups -OCH3 is 1. The van der Waals surface area contributed by atoms with Crippen LogP contribution in [0.5, 0.6) is 5.75 Å². The summed E-state index contributed by atoms with van der Waals surface area (Å²) in [6.07, 6.45) is 0. The second-order valence-electron chi connectivity index (χ2n) is 2.76. The van der Waals surface area contributed by atoms with E-state index in [9.17, 15) is 23.1 Å². The van der Waals surface area contributed by atoms with Crippen LogP contribution in [0.4, 0.5) is 18.6 Å². The van der Waals surface area contributed by atoms with E-state index in [1.165, 1.54) is 0 Å². The first-order valence-electron chi connectivity index (χ1n) is 3.88. The van der Waals surface area contributed by atoms with E-state index in [-0.39, 0.29) is 51.4 Å². The largest absolute Gasteiger partial charge is 1.00 e. The molecule has 0 aliphatic heterocycles. The number of non-ortho nitro benzene ring substituents is 1. The van der Waals surface area contributed by atoms with Gasteiger partial charge >= 0.3 is 58.4 Å². The maximum absolute atomic E-state index is 12.4. The molecule has 0 aromatic heterocycles. The molecule has 0 spiro atoms. The Morgan fingerprint density at radius 3 is 2.31 bits per heavy atom. The first-order chi connectivity index (χ1) is 6.86. The van der Waals surface area contributed by atoms with Gasteiger partial charge in [0, 0.05) is 6.07 Å². The van der Waals surface area contributed by atoms with Gasteiger partial charge in [-0.15, -0.1) is 0 Å². The summed E-state index contributed by atoms with van der Waals surface area (Å²) in [5.74, 6) is -0.531. The van der Waals surface area contributed by atoms with Gasteiger partial charge in [-0.1, -0.05) is 11.5 Å². The average Bonchev–Trinajstić information content (AvgIpc) is 2.15. The smallest absolute Gasteiger partial charge is 0.499 e. The number of nitro benzene ring substituents is 1. The Labute approximate surface area is 132 Å². The normalized spacial score (nSPS) is 10.5. The quantitative estimate of drug-likeness (QED) is 0.383. The second-order valence-corrected chi connectivity index (χ2v) is 2.76. The van der Waals surface area contributed by atoms with Crippen molar-refractivity contribution in [2.75, 3.05) is 7.11 Å². The predicted molar refractivity (Wildman–Crippen MR) is 48.4 cm³/mol. The Morgan fingerprint density at radius 2 is 1.94 bits per heavy atom. The Kier molecular flexibility index (Phi) is 5.98. The summed E-state index contributed by atoms with van der Waals surface area (Å²) in [5, 5.41) is 10.3. The molecule has 0 N–H and O–H groups in total. The minimum atomic E-state index is -5.22. The van der Waals surface area contributed by atoms with Gasteiger partial charge in [0.1, 0.15) is 0 Å². The van der Waals surface area contributed by atoms with E-state index in [2.05, 4.69) is 4.74 Å². The Balaban J connectivity index is 0.00000225. The SMILES string of the molecule is COc1cc([N+](=O)[O-])ccc1[B-](F)(F)F.[K+]. The van der Waals surface area contributed by atoms with Gasteiger partial charge < -0.3 is 17.7 Å². The number of benzene rings is 1. The van der Waals surface area contributed by atoms with Crippen LogP contribution in [-0.4, -0.2) is 19.0 Å². The zero-order valence-electron chi connectivity index (χ0n) is 8.62. The molecule has 0 unspecified atom stereocenters. The number of nitrogens with zero attached hydrogens (tertiary/aromatic N) is 1. The van der Waals surface area contributed by atoms with Crippen LogP contribution in [0.3, 0.4) is 0 Å². The molecule has 1 rings (SSSR count). The molecule has 82 valence electrons. The Morgan fingerprint density at radius 1 is 1.38 bits per heavy atom. The second kappa shape index (κ2) is 6.01. The van der Waals surface area contributed by atoms with Crippen LogP contribution in [0.15, 0.2) is 18.2 Å². The molecule has 0 fully saturated rings. The first kappa shape index (κ1) is 15.9. The van der Waals surface area contributed by atoms with Crippen molar-refractivity contribution in [1.82, 2.24) is 0 Å². The molecule has 0 radical (unpaired) electrons. The first-order valence-corrected chi connectivity index (χ1v) is 3.88. The summed E-state index contributed by atoms with van der Waals surface area (Å²) >= 11 is 0. The third-order valence-electron chi connectivity index (χ3n) is 1.78. The molecule has 0 aliphatic carbocycles. The van der Waals surface area contributed by atoms with E-state index in [0.29, 0.717) is 6.07 Å². The molecule has 0 atom stereocenters. The van der Waals surface area contributed by atoms with Gasteiger partial charge in [-0.25, -0.2) is 0 Å². The number of halogens is 3. The molecule has 0 saturated carbocycles. The molecular formula is C7H6BF3KNO3. The fraction of sp³-hybridized carbons (Fsp3) is 0.143. The molecule has 0 bridgehead atoms. The molecule has 0 amide bonds. The maximum Gasteiger partial charge on any atom is 1.00 e. The maximum atomic E-state index is 12.4. The predicted octanol–water partition coefficient (Wildman–Crippen LogP) is -1.34. The zero-order chi connectivity index (χ0) is 11.6. The van der Waals surface area contributed by atoms with Crippen LogP contribution >= 0.6 is 0 Å². The molecule has 1 aromatic carbocycles. The van der Waals surface area contributed by atoms with Crippen molar-refractivity contribution in [2.24, 2.45) is 0 Å². The standard InChI is InChI=1S/C7H6BF3NO3.K/c1-15-7-4-5(12(13)14)2-3-6(7)8(9,10)11;/h2-4H,1H3;/q-1;+1.